The Bertz CT molecular complexity index is 1870. The van der Waals surface area contributed by atoms with Crippen LogP contribution >= 0.6 is 23.1 Å². The SMILES string of the molecule is COc1cccc([C@H]2CC(c3cccs3)=NN2C(=O)CSc2nnc(CNC(=O)c3cccc(C)c3)n2-c2ccccc2)c1OC. The molecule has 1 aliphatic heterocycles. The van der Waals surface area contributed by atoms with E-state index >= 15 is 0 Å². The summed E-state index contributed by atoms with van der Waals surface area (Å²) in [5, 5.41) is 20.7. The van der Waals surface area contributed by atoms with Crippen molar-refractivity contribution in [2.24, 2.45) is 5.10 Å². The Morgan fingerprint density at radius 3 is 2.54 bits per heavy atom. The second-order valence-electron chi connectivity index (χ2n) is 10.5. The van der Waals surface area contributed by atoms with Crippen LogP contribution in [0, 0.1) is 6.92 Å². The maximum atomic E-state index is 13.9. The van der Waals surface area contributed by atoms with Crippen LogP contribution in [0.5, 0.6) is 11.5 Å². The van der Waals surface area contributed by atoms with Crippen molar-refractivity contribution in [2.45, 2.75) is 31.1 Å². The molecule has 0 radical (unpaired) electrons. The van der Waals surface area contributed by atoms with Gasteiger partial charge in [-0.15, -0.1) is 21.5 Å². The number of carbonyl (C=O) groups is 2. The Hall–Kier alpha value is -4.94. The van der Waals surface area contributed by atoms with Crippen molar-refractivity contribution in [3.05, 3.63) is 118 Å². The molecule has 0 unspecified atom stereocenters. The molecule has 5 aromatic rings. The monoisotopic (exact) mass is 652 g/mol. The van der Waals surface area contributed by atoms with Gasteiger partial charge in [0.05, 0.1) is 43.1 Å². The summed E-state index contributed by atoms with van der Waals surface area (Å²) in [6, 6.07) is 26.3. The second kappa shape index (κ2) is 14.0. The fourth-order valence-corrected chi connectivity index (χ4v) is 6.88. The number of ether oxygens (including phenoxy) is 2. The predicted octanol–water partition coefficient (Wildman–Crippen LogP) is 6.05. The molecule has 2 amide bonds. The topological polar surface area (TPSA) is 111 Å². The molecule has 46 heavy (non-hydrogen) atoms. The number of hydrazone groups is 1. The van der Waals surface area contributed by atoms with Crippen LogP contribution in [0.4, 0.5) is 0 Å². The highest BCUT2D eigenvalue weighted by atomic mass is 32.2. The standard InChI is InChI=1S/C34H32N6O4S2/c1-22-10-7-11-23(18-22)33(42)35-20-30-36-37-34(39(30)24-12-5-4-6-13-24)46-21-31(41)40-27(19-26(38-40)29-16-9-17-45-29)25-14-8-15-28(43-2)32(25)44-3/h4-18,27H,19-21H2,1-3H3,(H,35,42)/t27-/m1/s1. The summed E-state index contributed by atoms with van der Waals surface area (Å²) in [5.41, 5.74) is 4.04. The van der Waals surface area contributed by atoms with Gasteiger partial charge in [0, 0.05) is 23.2 Å². The Morgan fingerprint density at radius 1 is 0.978 bits per heavy atom. The van der Waals surface area contributed by atoms with Gasteiger partial charge >= 0.3 is 0 Å². The van der Waals surface area contributed by atoms with Gasteiger partial charge < -0.3 is 14.8 Å². The second-order valence-corrected chi connectivity index (χ2v) is 12.4. The highest BCUT2D eigenvalue weighted by molar-refractivity contribution is 7.99. The summed E-state index contributed by atoms with van der Waals surface area (Å²) in [5.74, 6) is 1.37. The third-order valence-electron chi connectivity index (χ3n) is 7.49. The lowest BCUT2D eigenvalue weighted by Gasteiger charge is -2.24. The van der Waals surface area contributed by atoms with E-state index in [0.717, 1.165) is 27.4 Å². The van der Waals surface area contributed by atoms with Crippen molar-refractivity contribution in [1.82, 2.24) is 25.1 Å². The van der Waals surface area contributed by atoms with Crippen molar-refractivity contribution in [1.29, 1.82) is 0 Å². The molecule has 6 rings (SSSR count). The summed E-state index contributed by atoms with van der Waals surface area (Å²) in [6.07, 6.45) is 0.533. The summed E-state index contributed by atoms with van der Waals surface area (Å²) in [6.45, 7) is 2.10. The zero-order valence-electron chi connectivity index (χ0n) is 25.5. The van der Waals surface area contributed by atoms with Crippen molar-refractivity contribution in [2.75, 3.05) is 20.0 Å². The quantitative estimate of drug-likeness (QED) is 0.173. The van der Waals surface area contributed by atoms with E-state index in [9.17, 15) is 9.59 Å². The van der Waals surface area contributed by atoms with E-state index in [2.05, 4.69) is 15.5 Å². The van der Waals surface area contributed by atoms with Gasteiger partial charge in [0.2, 0.25) is 0 Å². The van der Waals surface area contributed by atoms with Gasteiger partial charge in [0.15, 0.2) is 22.5 Å². The van der Waals surface area contributed by atoms with Crippen LogP contribution in [0.1, 0.15) is 44.6 Å². The number of aryl methyl sites for hydroxylation is 1. The third-order valence-corrected chi connectivity index (χ3v) is 9.32. The van der Waals surface area contributed by atoms with Crippen molar-refractivity contribution in [3.8, 4) is 17.2 Å². The first-order valence-electron chi connectivity index (χ1n) is 14.6. The van der Waals surface area contributed by atoms with Crippen LogP contribution in [0.2, 0.25) is 0 Å². The molecule has 0 saturated heterocycles. The number of carbonyl (C=O) groups excluding carboxylic acids is 2. The number of rotatable bonds is 11. The number of hydrogen-bond acceptors (Lipinski definition) is 9. The maximum Gasteiger partial charge on any atom is 0.253 e. The molecule has 0 aliphatic carbocycles. The number of hydrogen-bond donors (Lipinski definition) is 1. The number of thiophene rings is 1. The van der Waals surface area contributed by atoms with E-state index < -0.39 is 0 Å². The van der Waals surface area contributed by atoms with Crippen LogP contribution in [-0.4, -0.2) is 57.3 Å². The summed E-state index contributed by atoms with van der Waals surface area (Å²) < 4.78 is 13.1. The molecule has 0 fully saturated rings. The number of amides is 2. The molecule has 3 heterocycles. The maximum absolute atomic E-state index is 13.9. The first-order valence-corrected chi connectivity index (χ1v) is 16.4. The summed E-state index contributed by atoms with van der Waals surface area (Å²) in [7, 11) is 3.19. The lowest BCUT2D eigenvalue weighted by Crippen LogP contribution is -2.29. The smallest absolute Gasteiger partial charge is 0.253 e. The first-order chi connectivity index (χ1) is 22.5. The van der Waals surface area contributed by atoms with E-state index in [1.807, 2.05) is 95.7 Å². The van der Waals surface area contributed by atoms with Gasteiger partial charge in [-0.3, -0.25) is 14.2 Å². The lowest BCUT2D eigenvalue weighted by atomic mass is 9.99. The Kier molecular flexibility index (Phi) is 9.46. The van der Waals surface area contributed by atoms with Crippen molar-refractivity contribution in [3.63, 3.8) is 0 Å². The van der Waals surface area contributed by atoms with Gasteiger partial charge in [-0.05, 0) is 48.7 Å². The predicted molar refractivity (Wildman–Crippen MR) is 179 cm³/mol. The number of nitrogens with zero attached hydrogens (tertiary/aromatic N) is 5. The molecule has 10 nitrogen and oxygen atoms in total. The lowest BCUT2D eigenvalue weighted by molar-refractivity contribution is -0.130. The van der Waals surface area contributed by atoms with Crippen LogP contribution < -0.4 is 14.8 Å². The molecule has 12 heteroatoms. The molecule has 234 valence electrons. The van der Waals surface area contributed by atoms with Gasteiger partial charge in [-0.1, -0.05) is 65.9 Å². The van der Waals surface area contributed by atoms with E-state index in [-0.39, 0.29) is 30.2 Å². The minimum absolute atomic E-state index is 0.0601. The fraction of sp³-hybridized carbons (Fsp3) is 0.206. The zero-order chi connectivity index (χ0) is 32.0. The minimum atomic E-state index is -0.380. The van der Waals surface area contributed by atoms with Gasteiger partial charge in [0.1, 0.15) is 0 Å². The Balaban J connectivity index is 1.25. The Labute approximate surface area is 275 Å². The Morgan fingerprint density at radius 2 is 1.80 bits per heavy atom. The summed E-state index contributed by atoms with van der Waals surface area (Å²) in [4.78, 5) is 27.8. The van der Waals surface area contributed by atoms with Crippen LogP contribution in [0.3, 0.4) is 0 Å². The number of nitrogens with one attached hydrogen (secondary N) is 1. The van der Waals surface area contributed by atoms with Gasteiger partial charge in [-0.25, -0.2) is 5.01 Å². The van der Waals surface area contributed by atoms with E-state index in [1.54, 1.807) is 36.6 Å². The molecule has 0 spiro atoms. The molecule has 1 N–H and O–H groups in total. The van der Waals surface area contributed by atoms with Crippen molar-refractivity contribution < 1.29 is 19.1 Å². The molecule has 0 bridgehead atoms. The number of methoxy groups -OCH3 is 2. The molecule has 1 atom stereocenters. The average Bonchev–Trinajstić information content (AvgIpc) is 3.86. The summed E-state index contributed by atoms with van der Waals surface area (Å²) >= 11 is 2.85. The van der Waals surface area contributed by atoms with Crippen LogP contribution in [0.25, 0.3) is 5.69 Å². The fourth-order valence-electron chi connectivity index (χ4n) is 5.33. The van der Waals surface area contributed by atoms with Gasteiger partial charge in [-0.2, -0.15) is 5.10 Å². The van der Waals surface area contributed by atoms with E-state index in [1.165, 1.54) is 11.8 Å². The number of benzene rings is 3. The number of aromatic nitrogens is 3. The molecular weight excluding hydrogens is 621 g/mol. The minimum Gasteiger partial charge on any atom is -0.493 e. The molecule has 1 aliphatic rings. The molecular formula is C34H32N6O4S2. The average molecular weight is 653 g/mol. The van der Waals surface area contributed by atoms with Crippen LogP contribution in [-0.2, 0) is 11.3 Å². The normalized spacial score (nSPS) is 14.2. The number of para-hydroxylation sites is 2. The van der Waals surface area contributed by atoms with Gasteiger partial charge in [0.25, 0.3) is 11.8 Å². The van der Waals surface area contributed by atoms with Crippen molar-refractivity contribution >= 4 is 40.6 Å². The van der Waals surface area contributed by atoms with Crippen LogP contribution in [0.15, 0.2) is 101 Å². The first kappa shape index (κ1) is 31.1. The van der Waals surface area contributed by atoms with E-state index in [4.69, 9.17) is 14.6 Å². The largest absolute Gasteiger partial charge is 0.493 e. The third kappa shape index (κ3) is 6.53. The molecule has 3 aromatic carbocycles. The highest BCUT2D eigenvalue weighted by Crippen LogP contribution is 2.42. The molecule has 2 aromatic heterocycles. The number of thioether (sulfide) groups is 1. The molecule has 0 saturated carbocycles. The highest BCUT2D eigenvalue weighted by Gasteiger charge is 2.36. The van der Waals surface area contributed by atoms with E-state index in [0.29, 0.717) is 34.5 Å². The zero-order valence-corrected chi connectivity index (χ0v) is 27.2.